The van der Waals surface area contributed by atoms with Gasteiger partial charge < -0.3 is 10.4 Å². The van der Waals surface area contributed by atoms with E-state index in [1.54, 1.807) is 0 Å². The number of hydrogen-bond acceptors (Lipinski definition) is 4. The quantitative estimate of drug-likeness (QED) is 0.755. The molecule has 0 aliphatic rings. The molecule has 1 heterocycles. The van der Waals surface area contributed by atoms with Gasteiger partial charge in [0.15, 0.2) is 5.01 Å². The number of thiazole rings is 1. The molecule has 2 N–H and O–H groups in total. The molecule has 1 unspecified atom stereocenters. The van der Waals surface area contributed by atoms with Crippen LogP contribution in [0, 0.1) is 0 Å². The lowest BCUT2D eigenvalue weighted by Gasteiger charge is -2.17. The fourth-order valence-electron chi connectivity index (χ4n) is 2.24. The van der Waals surface area contributed by atoms with Crippen LogP contribution in [0.4, 0.5) is 13.2 Å². The van der Waals surface area contributed by atoms with Gasteiger partial charge in [-0.2, -0.15) is 13.2 Å². The van der Waals surface area contributed by atoms with Gasteiger partial charge in [-0.05, 0) is 18.4 Å². The maximum atomic E-state index is 12.6. The molecule has 0 spiro atoms. The molecule has 0 amide bonds. The standard InChI is InChI=1S/C16H17F3N2O2S/c17-16(18,19)15-21-10-13(24-15)9-20-12(6-7-14(22)23)8-11-4-2-1-3-5-11/h1-5,10,12,20H,6-9H2,(H,22,23). The Kier molecular flexibility index (Phi) is 6.33. The van der Waals surface area contributed by atoms with Gasteiger partial charge in [-0.1, -0.05) is 30.3 Å². The Labute approximate surface area is 141 Å². The molecule has 2 aromatic rings. The van der Waals surface area contributed by atoms with Crippen LogP contribution >= 0.6 is 11.3 Å². The molecular weight excluding hydrogens is 341 g/mol. The second-order valence-corrected chi connectivity index (χ2v) is 6.44. The summed E-state index contributed by atoms with van der Waals surface area (Å²) in [6.45, 7) is 0.227. The van der Waals surface area contributed by atoms with E-state index < -0.39 is 17.2 Å². The first kappa shape index (κ1) is 18.4. The van der Waals surface area contributed by atoms with Crippen molar-refractivity contribution in [3.63, 3.8) is 0 Å². The number of carbonyl (C=O) groups is 1. The van der Waals surface area contributed by atoms with Crippen molar-refractivity contribution < 1.29 is 23.1 Å². The minimum Gasteiger partial charge on any atom is -0.481 e. The number of aliphatic carboxylic acids is 1. The molecule has 0 fully saturated rings. The Morgan fingerprint density at radius 1 is 1.29 bits per heavy atom. The van der Waals surface area contributed by atoms with Crippen molar-refractivity contribution in [1.82, 2.24) is 10.3 Å². The SMILES string of the molecule is O=C(O)CCC(Cc1ccccc1)NCc1cnc(C(F)(F)F)s1. The van der Waals surface area contributed by atoms with Crippen molar-refractivity contribution in [2.24, 2.45) is 0 Å². The first-order valence-electron chi connectivity index (χ1n) is 7.35. The fraction of sp³-hybridized carbons (Fsp3) is 0.375. The van der Waals surface area contributed by atoms with Gasteiger partial charge in [-0.25, -0.2) is 4.98 Å². The summed E-state index contributed by atoms with van der Waals surface area (Å²) in [5.41, 5.74) is 1.04. The average molecular weight is 358 g/mol. The molecule has 2 rings (SSSR count). The predicted molar refractivity (Wildman–Crippen MR) is 84.8 cm³/mol. The van der Waals surface area contributed by atoms with E-state index in [9.17, 15) is 18.0 Å². The lowest BCUT2D eigenvalue weighted by Crippen LogP contribution is -2.31. The first-order chi connectivity index (χ1) is 11.3. The number of carboxylic acids is 1. The van der Waals surface area contributed by atoms with Crippen LogP contribution in [-0.4, -0.2) is 22.1 Å². The largest absolute Gasteiger partial charge is 0.481 e. The minimum absolute atomic E-state index is 0.000984. The summed E-state index contributed by atoms with van der Waals surface area (Å²) in [6.07, 6.45) is -2.22. The highest BCUT2D eigenvalue weighted by atomic mass is 32.1. The zero-order valence-corrected chi connectivity index (χ0v) is 13.5. The number of nitrogens with zero attached hydrogens (tertiary/aromatic N) is 1. The molecule has 130 valence electrons. The van der Waals surface area contributed by atoms with Crippen molar-refractivity contribution >= 4 is 17.3 Å². The number of benzene rings is 1. The number of halogens is 3. The Morgan fingerprint density at radius 2 is 2.00 bits per heavy atom. The topological polar surface area (TPSA) is 62.2 Å². The van der Waals surface area contributed by atoms with Crippen LogP contribution in [0.15, 0.2) is 36.5 Å². The maximum Gasteiger partial charge on any atom is 0.443 e. The summed E-state index contributed by atoms with van der Waals surface area (Å²) in [5.74, 6) is -0.896. The molecule has 0 saturated carbocycles. The Hall–Kier alpha value is -1.93. The third kappa shape index (κ3) is 5.93. The monoisotopic (exact) mass is 358 g/mol. The fourth-order valence-corrected chi connectivity index (χ4v) is 2.97. The van der Waals surface area contributed by atoms with Crippen LogP contribution in [0.5, 0.6) is 0 Å². The summed E-state index contributed by atoms with van der Waals surface area (Å²) >= 11 is 0.598. The molecule has 0 aliphatic heterocycles. The molecule has 4 nitrogen and oxygen atoms in total. The van der Waals surface area contributed by atoms with E-state index >= 15 is 0 Å². The number of hydrogen-bond donors (Lipinski definition) is 2. The normalized spacial score (nSPS) is 13.0. The third-order valence-electron chi connectivity index (χ3n) is 3.39. The molecule has 0 aliphatic carbocycles. The van der Waals surface area contributed by atoms with Crippen LogP contribution in [0.25, 0.3) is 0 Å². The molecular formula is C16H17F3N2O2S. The number of nitrogens with one attached hydrogen (secondary N) is 1. The lowest BCUT2D eigenvalue weighted by atomic mass is 10.0. The summed E-state index contributed by atoms with van der Waals surface area (Å²) in [7, 11) is 0. The first-order valence-corrected chi connectivity index (χ1v) is 8.17. The predicted octanol–water partition coefficient (Wildman–Crippen LogP) is 3.73. The smallest absolute Gasteiger partial charge is 0.443 e. The summed E-state index contributed by atoms with van der Waals surface area (Å²) in [5, 5.41) is 11.1. The van der Waals surface area contributed by atoms with E-state index in [-0.39, 0.29) is 19.0 Å². The van der Waals surface area contributed by atoms with Crippen LogP contribution < -0.4 is 5.32 Å². The molecule has 0 saturated heterocycles. The van der Waals surface area contributed by atoms with Gasteiger partial charge >= 0.3 is 12.1 Å². The number of rotatable bonds is 8. The highest BCUT2D eigenvalue weighted by Gasteiger charge is 2.34. The summed E-state index contributed by atoms with van der Waals surface area (Å²) in [4.78, 5) is 14.6. The zero-order valence-electron chi connectivity index (χ0n) is 12.7. The lowest BCUT2D eigenvalue weighted by molar-refractivity contribution is -0.138. The minimum atomic E-state index is -4.43. The second kappa shape index (κ2) is 8.25. The van der Waals surface area contributed by atoms with Crippen molar-refractivity contribution in [1.29, 1.82) is 0 Å². The molecule has 0 bridgehead atoms. The molecule has 1 aromatic heterocycles. The van der Waals surface area contributed by atoms with Crippen LogP contribution in [0.3, 0.4) is 0 Å². The van der Waals surface area contributed by atoms with Gasteiger partial charge in [0.25, 0.3) is 0 Å². The van der Waals surface area contributed by atoms with Crippen molar-refractivity contribution in [3.8, 4) is 0 Å². The highest BCUT2D eigenvalue weighted by Crippen LogP contribution is 2.32. The van der Waals surface area contributed by atoms with Gasteiger partial charge in [0, 0.05) is 30.1 Å². The molecule has 1 aromatic carbocycles. The van der Waals surface area contributed by atoms with Crippen molar-refractivity contribution in [2.45, 2.75) is 38.0 Å². The van der Waals surface area contributed by atoms with Crippen molar-refractivity contribution in [2.75, 3.05) is 0 Å². The Morgan fingerprint density at radius 3 is 2.58 bits per heavy atom. The van der Waals surface area contributed by atoms with E-state index in [2.05, 4.69) is 10.3 Å². The van der Waals surface area contributed by atoms with E-state index in [1.165, 1.54) is 6.20 Å². The zero-order chi connectivity index (χ0) is 17.6. The number of carboxylic acid groups (broad SMARTS) is 1. The highest BCUT2D eigenvalue weighted by molar-refractivity contribution is 7.11. The number of aromatic nitrogens is 1. The second-order valence-electron chi connectivity index (χ2n) is 5.33. The van der Waals surface area contributed by atoms with Crippen molar-refractivity contribution in [3.05, 3.63) is 52.0 Å². The summed E-state index contributed by atoms with van der Waals surface area (Å²) in [6, 6.07) is 9.40. The van der Waals surface area contributed by atoms with E-state index in [1.807, 2.05) is 30.3 Å². The molecule has 0 radical (unpaired) electrons. The van der Waals surface area contributed by atoms with Crippen LogP contribution in [-0.2, 0) is 23.9 Å². The summed E-state index contributed by atoms with van der Waals surface area (Å²) < 4.78 is 37.7. The maximum absolute atomic E-state index is 12.6. The van der Waals surface area contributed by atoms with Gasteiger partial charge in [-0.3, -0.25) is 4.79 Å². The van der Waals surface area contributed by atoms with Crippen LogP contribution in [0.2, 0.25) is 0 Å². The average Bonchev–Trinajstić information content (AvgIpc) is 3.00. The van der Waals surface area contributed by atoms with Gasteiger partial charge in [0.2, 0.25) is 0 Å². The van der Waals surface area contributed by atoms with Crippen LogP contribution in [0.1, 0.15) is 28.3 Å². The van der Waals surface area contributed by atoms with Gasteiger partial charge in [-0.15, -0.1) is 11.3 Å². The Balaban J connectivity index is 1.96. The molecule has 1 atom stereocenters. The van der Waals surface area contributed by atoms with E-state index in [0.717, 1.165) is 5.56 Å². The number of alkyl halides is 3. The van der Waals surface area contributed by atoms with Gasteiger partial charge in [0.05, 0.1) is 0 Å². The van der Waals surface area contributed by atoms with E-state index in [4.69, 9.17) is 5.11 Å². The van der Waals surface area contributed by atoms with E-state index in [0.29, 0.717) is 29.1 Å². The van der Waals surface area contributed by atoms with Gasteiger partial charge in [0.1, 0.15) is 0 Å². The Bertz CT molecular complexity index is 659. The molecule has 8 heteroatoms. The molecule has 24 heavy (non-hydrogen) atoms. The third-order valence-corrected chi connectivity index (χ3v) is 4.43.